The van der Waals surface area contributed by atoms with E-state index in [0.29, 0.717) is 6.54 Å². The molecule has 1 fully saturated rings. The number of aromatic nitrogens is 3. The summed E-state index contributed by atoms with van der Waals surface area (Å²) in [6.45, 7) is 1.20. The second-order valence-electron chi connectivity index (χ2n) is 5.25. The van der Waals surface area contributed by atoms with E-state index in [-0.39, 0.29) is 17.8 Å². The molecule has 2 aromatic rings. The minimum Gasteiger partial charge on any atom is -0.338 e. The van der Waals surface area contributed by atoms with Gasteiger partial charge in [-0.15, -0.1) is 11.3 Å². The molecule has 1 saturated heterocycles. The van der Waals surface area contributed by atoms with Crippen molar-refractivity contribution in [3.63, 3.8) is 0 Å². The summed E-state index contributed by atoms with van der Waals surface area (Å²) in [5.74, 6) is -0.0898. The standard InChI is InChI=1S/C13H15F3N4OS/c14-13(15,16)7-10-18-11(21-19-10)8-20-5-2-1-3-9(20)12-17-4-6-22-12/h4,6,9H,1-3,5,7-8H2. The lowest BCUT2D eigenvalue weighted by Crippen LogP contribution is -2.33. The molecule has 3 heterocycles. The number of thiazole rings is 1. The highest BCUT2D eigenvalue weighted by Crippen LogP contribution is 2.33. The van der Waals surface area contributed by atoms with Crippen LogP contribution in [0.4, 0.5) is 13.2 Å². The van der Waals surface area contributed by atoms with Gasteiger partial charge in [0.15, 0.2) is 5.82 Å². The minimum absolute atomic E-state index is 0.173. The van der Waals surface area contributed by atoms with E-state index in [0.717, 1.165) is 30.8 Å². The van der Waals surface area contributed by atoms with Crippen molar-refractivity contribution in [2.45, 2.75) is 44.4 Å². The van der Waals surface area contributed by atoms with Crippen molar-refractivity contribution < 1.29 is 17.7 Å². The summed E-state index contributed by atoms with van der Waals surface area (Å²) in [5.41, 5.74) is 0. The number of rotatable bonds is 4. The van der Waals surface area contributed by atoms with E-state index in [1.54, 1.807) is 17.5 Å². The van der Waals surface area contributed by atoms with Crippen LogP contribution in [0.1, 0.15) is 42.0 Å². The predicted octanol–water partition coefficient (Wildman–Crippen LogP) is 3.36. The molecule has 5 nitrogen and oxygen atoms in total. The molecule has 3 rings (SSSR count). The van der Waals surface area contributed by atoms with E-state index in [2.05, 4.69) is 20.0 Å². The molecule has 1 aliphatic rings. The molecule has 0 spiro atoms. The summed E-state index contributed by atoms with van der Waals surface area (Å²) in [6.07, 6.45) is -0.574. The molecule has 0 aromatic carbocycles. The molecule has 2 aromatic heterocycles. The van der Waals surface area contributed by atoms with Crippen LogP contribution in [0.2, 0.25) is 0 Å². The molecular weight excluding hydrogens is 317 g/mol. The lowest BCUT2D eigenvalue weighted by Gasteiger charge is -2.33. The number of hydrogen-bond acceptors (Lipinski definition) is 6. The summed E-state index contributed by atoms with van der Waals surface area (Å²) < 4.78 is 41.9. The van der Waals surface area contributed by atoms with Crippen LogP contribution < -0.4 is 0 Å². The number of alkyl halides is 3. The third kappa shape index (κ3) is 3.83. The van der Waals surface area contributed by atoms with Gasteiger partial charge in [-0.3, -0.25) is 4.90 Å². The van der Waals surface area contributed by atoms with Crippen molar-refractivity contribution in [2.24, 2.45) is 0 Å². The molecule has 0 aliphatic carbocycles. The quantitative estimate of drug-likeness (QED) is 0.859. The van der Waals surface area contributed by atoms with E-state index in [4.69, 9.17) is 4.52 Å². The summed E-state index contributed by atoms with van der Waals surface area (Å²) >= 11 is 1.59. The van der Waals surface area contributed by atoms with Crippen molar-refractivity contribution in [3.8, 4) is 0 Å². The van der Waals surface area contributed by atoms with Gasteiger partial charge in [-0.25, -0.2) is 4.98 Å². The highest BCUT2D eigenvalue weighted by atomic mass is 32.1. The van der Waals surface area contributed by atoms with Crippen molar-refractivity contribution in [1.82, 2.24) is 20.0 Å². The van der Waals surface area contributed by atoms with Gasteiger partial charge in [-0.2, -0.15) is 18.2 Å². The van der Waals surface area contributed by atoms with Crippen LogP contribution in [0.25, 0.3) is 0 Å². The maximum absolute atomic E-state index is 12.3. The Kier molecular flexibility index (Phi) is 4.44. The number of halogens is 3. The zero-order chi connectivity index (χ0) is 15.6. The number of piperidine rings is 1. The fraction of sp³-hybridized carbons (Fsp3) is 0.615. The average Bonchev–Trinajstić information content (AvgIpc) is 3.10. The zero-order valence-electron chi connectivity index (χ0n) is 11.7. The highest BCUT2D eigenvalue weighted by Gasteiger charge is 2.31. The molecular formula is C13H15F3N4OS. The Labute approximate surface area is 129 Å². The predicted molar refractivity (Wildman–Crippen MR) is 73.2 cm³/mol. The fourth-order valence-corrected chi connectivity index (χ4v) is 3.44. The van der Waals surface area contributed by atoms with Gasteiger partial charge in [0.1, 0.15) is 11.4 Å². The Balaban J connectivity index is 1.68. The molecule has 120 valence electrons. The average molecular weight is 332 g/mol. The van der Waals surface area contributed by atoms with E-state index in [1.165, 1.54) is 0 Å². The first-order chi connectivity index (χ1) is 10.5. The van der Waals surface area contributed by atoms with Gasteiger partial charge in [-0.1, -0.05) is 11.6 Å². The van der Waals surface area contributed by atoms with E-state index in [1.807, 2.05) is 5.38 Å². The number of nitrogens with zero attached hydrogens (tertiary/aromatic N) is 4. The van der Waals surface area contributed by atoms with Gasteiger partial charge < -0.3 is 4.52 Å². The maximum atomic E-state index is 12.3. The molecule has 0 saturated carbocycles. The third-order valence-corrected chi connectivity index (χ3v) is 4.43. The van der Waals surface area contributed by atoms with Gasteiger partial charge in [0.2, 0.25) is 5.89 Å². The monoisotopic (exact) mass is 332 g/mol. The minimum atomic E-state index is -4.32. The molecule has 1 unspecified atom stereocenters. The Morgan fingerprint density at radius 3 is 2.95 bits per heavy atom. The maximum Gasteiger partial charge on any atom is 0.396 e. The van der Waals surface area contributed by atoms with Crippen LogP contribution in [0.15, 0.2) is 16.1 Å². The molecule has 22 heavy (non-hydrogen) atoms. The smallest absolute Gasteiger partial charge is 0.338 e. The molecule has 1 atom stereocenters. The Morgan fingerprint density at radius 2 is 2.23 bits per heavy atom. The van der Waals surface area contributed by atoms with Crippen LogP contribution in [0.5, 0.6) is 0 Å². The second kappa shape index (κ2) is 6.33. The van der Waals surface area contributed by atoms with Crippen LogP contribution in [-0.2, 0) is 13.0 Å². The van der Waals surface area contributed by atoms with Crippen molar-refractivity contribution in [3.05, 3.63) is 28.3 Å². The van der Waals surface area contributed by atoms with Gasteiger partial charge in [0, 0.05) is 11.6 Å². The Bertz CT molecular complexity index is 599. The summed E-state index contributed by atoms with van der Waals surface area (Å²) in [6, 6.07) is 0.173. The fourth-order valence-electron chi connectivity index (χ4n) is 2.64. The first-order valence-corrected chi connectivity index (χ1v) is 7.91. The third-order valence-electron chi connectivity index (χ3n) is 3.56. The van der Waals surface area contributed by atoms with Gasteiger partial charge in [-0.05, 0) is 19.4 Å². The zero-order valence-corrected chi connectivity index (χ0v) is 12.5. The first-order valence-electron chi connectivity index (χ1n) is 7.03. The molecule has 1 aliphatic heterocycles. The van der Waals surface area contributed by atoms with Crippen LogP contribution in [0.3, 0.4) is 0 Å². The summed E-state index contributed by atoms with van der Waals surface area (Å²) in [4.78, 5) is 10.3. The topological polar surface area (TPSA) is 55.1 Å². The largest absolute Gasteiger partial charge is 0.396 e. The van der Waals surface area contributed by atoms with Crippen molar-refractivity contribution in [1.29, 1.82) is 0 Å². The Morgan fingerprint density at radius 1 is 1.36 bits per heavy atom. The van der Waals surface area contributed by atoms with E-state index >= 15 is 0 Å². The molecule has 0 amide bonds. The lowest BCUT2D eigenvalue weighted by atomic mass is 10.0. The number of likely N-dealkylation sites (tertiary alicyclic amines) is 1. The van der Waals surface area contributed by atoms with Crippen molar-refractivity contribution in [2.75, 3.05) is 6.54 Å². The van der Waals surface area contributed by atoms with Crippen LogP contribution in [-0.4, -0.2) is 32.7 Å². The summed E-state index contributed by atoms with van der Waals surface area (Å²) in [7, 11) is 0. The lowest BCUT2D eigenvalue weighted by molar-refractivity contribution is -0.128. The second-order valence-corrected chi connectivity index (χ2v) is 6.17. The molecule has 0 N–H and O–H groups in total. The first kappa shape index (κ1) is 15.4. The number of hydrogen-bond donors (Lipinski definition) is 0. The summed E-state index contributed by atoms with van der Waals surface area (Å²) in [5, 5.41) is 6.36. The van der Waals surface area contributed by atoms with Gasteiger partial charge in [0.25, 0.3) is 0 Å². The van der Waals surface area contributed by atoms with Crippen molar-refractivity contribution >= 4 is 11.3 Å². The SMILES string of the molecule is FC(F)(F)Cc1noc(CN2CCCCC2c2nccs2)n1. The normalized spacial score (nSPS) is 20.4. The van der Waals surface area contributed by atoms with Gasteiger partial charge >= 0.3 is 6.18 Å². The van der Waals surface area contributed by atoms with Crippen LogP contribution in [0, 0.1) is 0 Å². The van der Waals surface area contributed by atoms with E-state index in [9.17, 15) is 13.2 Å². The van der Waals surface area contributed by atoms with Crippen LogP contribution >= 0.6 is 11.3 Å². The Hall–Kier alpha value is -1.48. The van der Waals surface area contributed by atoms with Gasteiger partial charge in [0.05, 0.1) is 12.6 Å². The van der Waals surface area contributed by atoms with E-state index < -0.39 is 12.6 Å². The molecule has 9 heteroatoms. The highest BCUT2D eigenvalue weighted by molar-refractivity contribution is 7.09. The molecule has 0 radical (unpaired) electrons. The molecule has 0 bridgehead atoms.